The molecule has 1 N–H and O–H groups in total. The van der Waals surface area contributed by atoms with Crippen LogP contribution in [0.5, 0.6) is 0 Å². The molecule has 1 fully saturated rings. The van der Waals surface area contributed by atoms with Crippen LogP contribution in [0.2, 0.25) is 0 Å². The van der Waals surface area contributed by atoms with Crippen molar-refractivity contribution in [2.75, 3.05) is 7.05 Å². The molecule has 0 radical (unpaired) electrons. The van der Waals surface area contributed by atoms with Crippen LogP contribution in [0.1, 0.15) is 37.7 Å². The number of hydrogen-bond donors (Lipinski definition) is 1. The number of hydrogen-bond acceptors (Lipinski definition) is 3. The molecule has 1 aromatic heterocycles. The van der Waals surface area contributed by atoms with Crippen molar-refractivity contribution in [3.63, 3.8) is 0 Å². The highest BCUT2D eigenvalue weighted by Crippen LogP contribution is 2.37. The van der Waals surface area contributed by atoms with Crippen molar-refractivity contribution in [2.24, 2.45) is 5.41 Å². The third-order valence-corrected chi connectivity index (χ3v) is 3.65. The first-order valence-corrected chi connectivity index (χ1v) is 6.32. The summed E-state index contributed by atoms with van der Waals surface area (Å²) in [5.41, 5.74) is 0.159. The number of nitrogens with one attached hydrogen (secondary N) is 1. The third kappa shape index (κ3) is 2.37. The minimum absolute atomic E-state index is 0.0501. The van der Waals surface area contributed by atoms with E-state index in [-0.39, 0.29) is 5.91 Å². The molecule has 18 heavy (non-hydrogen) atoms. The summed E-state index contributed by atoms with van der Waals surface area (Å²) in [5.74, 6) is -0.0501. The van der Waals surface area contributed by atoms with Crippen LogP contribution in [-0.2, 0) is 11.3 Å². The van der Waals surface area contributed by atoms with Crippen molar-refractivity contribution in [1.29, 1.82) is 5.26 Å². The average molecular weight is 246 g/mol. The monoisotopic (exact) mass is 246 g/mol. The van der Waals surface area contributed by atoms with E-state index in [1.165, 1.54) is 0 Å². The first kappa shape index (κ1) is 12.6. The Morgan fingerprint density at radius 1 is 1.56 bits per heavy atom. The molecule has 1 aromatic rings. The summed E-state index contributed by atoms with van der Waals surface area (Å²) in [4.78, 5) is 14.1. The number of H-pyrrole nitrogens is 1. The number of nitriles is 1. The number of aromatic amines is 1. The molecule has 1 amide bonds. The molecule has 96 valence electrons. The average Bonchev–Trinajstić information content (AvgIpc) is 2.91. The van der Waals surface area contributed by atoms with Gasteiger partial charge in [0.15, 0.2) is 0 Å². The second-order valence-electron chi connectivity index (χ2n) is 5.02. The normalized spacial score (nSPS) is 18.0. The summed E-state index contributed by atoms with van der Waals surface area (Å²) in [6, 6.07) is 2.26. The van der Waals surface area contributed by atoms with Crippen LogP contribution < -0.4 is 0 Å². The van der Waals surface area contributed by atoms with Gasteiger partial charge in [-0.25, -0.2) is 0 Å². The van der Waals surface area contributed by atoms with Gasteiger partial charge in [-0.1, -0.05) is 19.3 Å². The molecule has 1 heterocycles. The van der Waals surface area contributed by atoms with Gasteiger partial charge in [0.2, 0.25) is 5.91 Å². The lowest BCUT2D eigenvalue weighted by Gasteiger charge is -2.32. The van der Waals surface area contributed by atoms with Crippen molar-refractivity contribution in [3.8, 4) is 6.07 Å². The van der Waals surface area contributed by atoms with Gasteiger partial charge in [-0.3, -0.25) is 9.89 Å². The predicted molar refractivity (Wildman–Crippen MR) is 66.2 cm³/mol. The van der Waals surface area contributed by atoms with Crippen LogP contribution in [-0.4, -0.2) is 28.1 Å². The highest BCUT2D eigenvalue weighted by molar-refractivity contribution is 5.85. The molecule has 0 aromatic carbocycles. The molecule has 2 rings (SSSR count). The van der Waals surface area contributed by atoms with E-state index in [0.717, 1.165) is 24.8 Å². The quantitative estimate of drug-likeness (QED) is 0.884. The molecule has 1 saturated carbocycles. The number of amides is 1. The smallest absolute Gasteiger partial charge is 0.243 e. The lowest BCUT2D eigenvalue weighted by molar-refractivity contribution is -0.139. The molecule has 1 aliphatic rings. The first-order chi connectivity index (χ1) is 8.68. The topological polar surface area (TPSA) is 72.8 Å². The molecule has 0 bridgehead atoms. The van der Waals surface area contributed by atoms with Gasteiger partial charge in [0, 0.05) is 25.4 Å². The predicted octanol–water partition coefficient (Wildman–Crippen LogP) is 1.84. The Kier molecular flexibility index (Phi) is 3.66. The Labute approximate surface area is 107 Å². The number of carbonyl (C=O) groups excluding carboxylic acids is 1. The van der Waals surface area contributed by atoms with E-state index < -0.39 is 5.41 Å². The van der Waals surface area contributed by atoms with Gasteiger partial charge >= 0.3 is 0 Å². The van der Waals surface area contributed by atoms with E-state index in [0.29, 0.717) is 19.4 Å². The fourth-order valence-corrected chi connectivity index (χ4v) is 2.60. The van der Waals surface area contributed by atoms with Crippen molar-refractivity contribution >= 4 is 5.91 Å². The first-order valence-electron chi connectivity index (χ1n) is 6.32. The van der Waals surface area contributed by atoms with Gasteiger partial charge in [0.25, 0.3) is 0 Å². The van der Waals surface area contributed by atoms with Crippen molar-refractivity contribution in [2.45, 2.75) is 38.6 Å². The molecule has 0 saturated heterocycles. The summed E-state index contributed by atoms with van der Waals surface area (Å²) in [6.07, 6.45) is 7.92. The van der Waals surface area contributed by atoms with E-state index in [4.69, 9.17) is 0 Å². The summed E-state index contributed by atoms with van der Waals surface area (Å²) >= 11 is 0. The molecular weight excluding hydrogens is 228 g/mol. The largest absolute Gasteiger partial charge is 0.340 e. The maximum atomic E-state index is 12.5. The van der Waals surface area contributed by atoms with E-state index in [2.05, 4.69) is 16.3 Å². The molecule has 0 unspecified atom stereocenters. The molecule has 0 spiro atoms. The van der Waals surface area contributed by atoms with E-state index in [1.807, 2.05) is 0 Å². The van der Waals surface area contributed by atoms with Crippen LogP contribution >= 0.6 is 0 Å². The SMILES string of the molecule is CN(Cc1cn[nH]c1)C(=O)C1(C#N)CCCCC1. The maximum absolute atomic E-state index is 12.5. The summed E-state index contributed by atoms with van der Waals surface area (Å²) in [5, 5.41) is 16.0. The van der Waals surface area contributed by atoms with Gasteiger partial charge in [0.05, 0.1) is 12.3 Å². The molecular formula is C13H18N4O. The zero-order valence-corrected chi connectivity index (χ0v) is 10.6. The van der Waals surface area contributed by atoms with Crippen LogP contribution in [0.25, 0.3) is 0 Å². The standard InChI is InChI=1S/C13H18N4O/c1-17(9-11-7-15-16-8-11)12(18)13(10-14)5-3-2-4-6-13/h7-8H,2-6,9H2,1H3,(H,15,16). The Bertz CT molecular complexity index is 440. The minimum atomic E-state index is -0.795. The summed E-state index contributed by atoms with van der Waals surface area (Å²) < 4.78 is 0. The third-order valence-electron chi connectivity index (χ3n) is 3.65. The van der Waals surface area contributed by atoms with Gasteiger partial charge in [-0.05, 0) is 12.8 Å². The summed E-state index contributed by atoms with van der Waals surface area (Å²) in [6.45, 7) is 0.499. The Morgan fingerprint density at radius 3 is 2.83 bits per heavy atom. The van der Waals surface area contributed by atoms with Crippen LogP contribution in [0.4, 0.5) is 0 Å². The highest BCUT2D eigenvalue weighted by Gasteiger charge is 2.41. The fourth-order valence-electron chi connectivity index (χ4n) is 2.60. The highest BCUT2D eigenvalue weighted by atomic mass is 16.2. The zero-order chi connectivity index (χ0) is 13.0. The van der Waals surface area contributed by atoms with E-state index >= 15 is 0 Å². The van der Waals surface area contributed by atoms with Crippen LogP contribution in [0.3, 0.4) is 0 Å². The fraction of sp³-hybridized carbons (Fsp3) is 0.615. The van der Waals surface area contributed by atoms with E-state index in [1.54, 1.807) is 24.3 Å². The van der Waals surface area contributed by atoms with Gasteiger partial charge in [-0.2, -0.15) is 10.4 Å². The Hall–Kier alpha value is -1.83. The lowest BCUT2D eigenvalue weighted by atomic mass is 9.74. The molecule has 5 heteroatoms. The number of aromatic nitrogens is 2. The lowest BCUT2D eigenvalue weighted by Crippen LogP contribution is -2.42. The van der Waals surface area contributed by atoms with Crippen molar-refractivity contribution in [1.82, 2.24) is 15.1 Å². The summed E-state index contributed by atoms with van der Waals surface area (Å²) in [7, 11) is 1.75. The second kappa shape index (κ2) is 5.21. The van der Waals surface area contributed by atoms with Gasteiger partial charge in [0.1, 0.15) is 5.41 Å². The van der Waals surface area contributed by atoms with Crippen LogP contribution in [0, 0.1) is 16.7 Å². The molecule has 0 aliphatic heterocycles. The molecule has 0 atom stereocenters. The second-order valence-corrected chi connectivity index (χ2v) is 5.02. The van der Waals surface area contributed by atoms with E-state index in [9.17, 15) is 10.1 Å². The zero-order valence-electron chi connectivity index (χ0n) is 10.6. The molecule has 1 aliphatic carbocycles. The van der Waals surface area contributed by atoms with Gasteiger partial charge in [-0.15, -0.1) is 0 Å². The minimum Gasteiger partial charge on any atom is -0.340 e. The Morgan fingerprint density at radius 2 is 2.28 bits per heavy atom. The maximum Gasteiger partial charge on any atom is 0.243 e. The number of rotatable bonds is 3. The Balaban J connectivity index is 2.07. The van der Waals surface area contributed by atoms with Crippen molar-refractivity contribution < 1.29 is 4.79 Å². The van der Waals surface area contributed by atoms with Crippen molar-refractivity contribution in [3.05, 3.63) is 18.0 Å². The number of carbonyl (C=O) groups is 1. The molecule has 5 nitrogen and oxygen atoms in total. The van der Waals surface area contributed by atoms with Gasteiger partial charge < -0.3 is 4.90 Å². The van der Waals surface area contributed by atoms with Crippen LogP contribution in [0.15, 0.2) is 12.4 Å². The number of nitrogens with zero attached hydrogens (tertiary/aromatic N) is 3.